The maximum absolute atomic E-state index is 12.6. The van der Waals surface area contributed by atoms with Gasteiger partial charge in [-0.15, -0.1) is 0 Å². The van der Waals surface area contributed by atoms with Gasteiger partial charge in [-0.3, -0.25) is 4.79 Å². The molecule has 0 atom stereocenters. The van der Waals surface area contributed by atoms with Crippen molar-refractivity contribution in [2.75, 3.05) is 11.1 Å². The Morgan fingerprint density at radius 1 is 1.12 bits per heavy atom. The Hall–Kier alpha value is -3.36. The fourth-order valence-electron chi connectivity index (χ4n) is 2.10. The summed E-state index contributed by atoms with van der Waals surface area (Å²) in [5, 5.41) is 6.61. The third kappa shape index (κ3) is 3.77. The lowest BCUT2D eigenvalue weighted by atomic mass is 10.2. The van der Waals surface area contributed by atoms with Crippen LogP contribution in [0.4, 0.5) is 24.7 Å². The molecule has 0 unspecified atom stereocenters. The predicted octanol–water partition coefficient (Wildman–Crippen LogP) is 3.12. The van der Waals surface area contributed by atoms with Gasteiger partial charge in [0.05, 0.1) is 29.3 Å². The number of hydrogen-bond acceptors (Lipinski definition) is 4. The maximum Gasteiger partial charge on any atom is 0.416 e. The van der Waals surface area contributed by atoms with E-state index in [1.165, 1.54) is 35.3 Å². The number of benzene rings is 1. The number of pyridine rings is 1. The van der Waals surface area contributed by atoms with Crippen LogP contribution in [0, 0.1) is 0 Å². The first-order chi connectivity index (χ1) is 11.8. The second-order valence-electron chi connectivity index (χ2n) is 5.12. The van der Waals surface area contributed by atoms with Crippen molar-refractivity contribution < 1.29 is 18.0 Å². The van der Waals surface area contributed by atoms with Gasteiger partial charge in [-0.25, -0.2) is 9.67 Å². The number of amides is 1. The molecule has 25 heavy (non-hydrogen) atoms. The maximum atomic E-state index is 12.6. The average Bonchev–Trinajstić information content (AvgIpc) is 3.02. The minimum absolute atomic E-state index is 0.141. The van der Waals surface area contributed by atoms with Crippen molar-refractivity contribution in [3.05, 3.63) is 66.1 Å². The lowest BCUT2D eigenvalue weighted by Gasteiger charge is -2.07. The number of hydrogen-bond donors (Lipinski definition) is 2. The number of nitrogens with one attached hydrogen (secondary N) is 1. The predicted molar refractivity (Wildman–Crippen MR) is 85.2 cm³/mol. The number of carbonyl (C=O) groups is 1. The van der Waals surface area contributed by atoms with E-state index in [-0.39, 0.29) is 11.5 Å². The van der Waals surface area contributed by atoms with E-state index in [1.54, 1.807) is 12.1 Å². The monoisotopic (exact) mass is 347 g/mol. The first-order valence-electron chi connectivity index (χ1n) is 7.09. The fourth-order valence-corrected chi connectivity index (χ4v) is 2.10. The highest BCUT2D eigenvalue weighted by Crippen LogP contribution is 2.29. The van der Waals surface area contributed by atoms with Crippen LogP contribution in [0.1, 0.15) is 16.1 Å². The van der Waals surface area contributed by atoms with Gasteiger partial charge in [0.25, 0.3) is 5.91 Å². The molecule has 3 rings (SSSR count). The van der Waals surface area contributed by atoms with Crippen LogP contribution >= 0.6 is 0 Å². The molecule has 0 aliphatic rings. The van der Waals surface area contributed by atoms with E-state index in [9.17, 15) is 18.0 Å². The SMILES string of the molecule is Nc1cccc(C(=O)Nc2cnn(-c3ccc(C(F)(F)F)cc3)c2)n1. The lowest BCUT2D eigenvalue weighted by Crippen LogP contribution is -2.13. The molecule has 1 aromatic carbocycles. The molecule has 0 aliphatic heterocycles. The lowest BCUT2D eigenvalue weighted by molar-refractivity contribution is -0.137. The van der Waals surface area contributed by atoms with Gasteiger partial charge in [-0.05, 0) is 36.4 Å². The van der Waals surface area contributed by atoms with Gasteiger partial charge >= 0.3 is 6.18 Å². The summed E-state index contributed by atoms with van der Waals surface area (Å²) in [6.45, 7) is 0. The number of rotatable bonds is 3. The molecule has 2 aromatic heterocycles. The van der Waals surface area contributed by atoms with Gasteiger partial charge < -0.3 is 11.1 Å². The van der Waals surface area contributed by atoms with Crippen LogP contribution in [0.25, 0.3) is 5.69 Å². The molecule has 6 nitrogen and oxygen atoms in total. The third-order valence-corrected chi connectivity index (χ3v) is 3.30. The summed E-state index contributed by atoms with van der Waals surface area (Å²) in [5.74, 6) is -0.257. The number of carbonyl (C=O) groups excluding carboxylic acids is 1. The molecule has 0 spiro atoms. The fraction of sp³-hybridized carbons (Fsp3) is 0.0625. The van der Waals surface area contributed by atoms with Crippen molar-refractivity contribution in [3.63, 3.8) is 0 Å². The molecular weight excluding hydrogens is 335 g/mol. The van der Waals surface area contributed by atoms with Crippen molar-refractivity contribution in [1.29, 1.82) is 0 Å². The van der Waals surface area contributed by atoms with E-state index < -0.39 is 17.6 Å². The van der Waals surface area contributed by atoms with E-state index in [1.807, 2.05) is 0 Å². The Kier molecular flexibility index (Phi) is 4.14. The van der Waals surface area contributed by atoms with Crippen molar-refractivity contribution in [2.45, 2.75) is 6.18 Å². The van der Waals surface area contributed by atoms with E-state index in [0.717, 1.165) is 12.1 Å². The first kappa shape index (κ1) is 16.5. The van der Waals surface area contributed by atoms with Crippen LogP contribution in [0.2, 0.25) is 0 Å². The number of anilines is 2. The van der Waals surface area contributed by atoms with Crippen molar-refractivity contribution >= 4 is 17.4 Å². The standard InChI is InChI=1S/C16H12F3N5O/c17-16(18,19)10-4-6-12(7-5-10)24-9-11(8-21-24)22-15(25)13-2-1-3-14(20)23-13/h1-9H,(H2,20,23)(H,22,25). The summed E-state index contributed by atoms with van der Waals surface area (Å²) in [6, 6.07) is 9.17. The Labute approximate surface area is 140 Å². The Bertz CT molecular complexity index is 903. The third-order valence-electron chi connectivity index (χ3n) is 3.30. The Balaban J connectivity index is 1.75. The molecular formula is C16H12F3N5O. The molecule has 0 fully saturated rings. The zero-order valence-corrected chi connectivity index (χ0v) is 12.7. The van der Waals surface area contributed by atoms with Crippen molar-refractivity contribution in [3.8, 4) is 5.69 Å². The molecule has 3 aromatic rings. The Morgan fingerprint density at radius 3 is 2.48 bits per heavy atom. The molecule has 9 heteroatoms. The molecule has 0 aliphatic carbocycles. The molecule has 0 radical (unpaired) electrons. The number of nitrogens with zero attached hydrogens (tertiary/aromatic N) is 3. The molecule has 0 bridgehead atoms. The normalized spacial score (nSPS) is 11.3. The van der Waals surface area contributed by atoms with Gasteiger partial charge in [0, 0.05) is 0 Å². The highest BCUT2D eigenvalue weighted by molar-refractivity contribution is 6.02. The van der Waals surface area contributed by atoms with Crippen LogP contribution < -0.4 is 11.1 Å². The number of alkyl halides is 3. The van der Waals surface area contributed by atoms with Gasteiger partial charge in [-0.1, -0.05) is 6.07 Å². The molecule has 2 heterocycles. The van der Waals surface area contributed by atoms with Crippen LogP contribution in [0.15, 0.2) is 54.9 Å². The van der Waals surface area contributed by atoms with Gasteiger partial charge in [0.2, 0.25) is 0 Å². The molecule has 128 valence electrons. The number of nitrogen functional groups attached to an aromatic ring is 1. The molecule has 0 saturated carbocycles. The second-order valence-corrected chi connectivity index (χ2v) is 5.12. The van der Waals surface area contributed by atoms with Crippen LogP contribution in [0.3, 0.4) is 0 Å². The van der Waals surface area contributed by atoms with E-state index in [0.29, 0.717) is 11.4 Å². The second kappa shape index (κ2) is 6.27. The Morgan fingerprint density at radius 2 is 1.84 bits per heavy atom. The summed E-state index contributed by atoms with van der Waals surface area (Å²) in [4.78, 5) is 16.0. The van der Waals surface area contributed by atoms with Crippen molar-refractivity contribution in [1.82, 2.24) is 14.8 Å². The quantitative estimate of drug-likeness (QED) is 0.762. The minimum Gasteiger partial charge on any atom is -0.384 e. The highest BCUT2D eigenvalue weighted by atomic mass is 19.4. The largest absolute Gasteiger partial charge is 0.416 e. The van der Waals surface area contributed by atoms with Gasteiger partial charge in [0.15, 0.2) is 0 Å². The number of nitrogens with two attached hydrogens (primary N) is 1. The summed E-state index contributed by atoms with van der Waals surface area (Å²) >= 11 is 0. The van der Waals surface area contributed by atoms with E-state index in [4.69, 9.17) is 5.73 Å². The molecule has 0 saturated heterocycles. The summed E-state index contributed by atoms with van der Waals surface area (Å²) in [6.07, 6.45) is -1.54. The zero-order chi connectivity index (χ0) is 18.0. The minimum atomic E-state index is -4.40. The van der Waals surface area contributed by atoms with E-state index in [2.05, 4.69) is 15.4 Å². The van der Waals surface area contributed by atoms with E-state index >= 15 is 0 Å². The van der Waals surface area contributed by atoms with Crippen LogP contribution in [0.5, 0.6) is 0 Å². The highest BCUT2D eigenvalue weighted by Gasteiger charge is 2.30. The van der Waals surface area contributed by atoms with Crippen LogP contribution in [-0.2, 0) is 6.18 Å². The van der Waals surface area contributed by atoms with Gasteiger partial charge in [-0.2, -0.15) is 18.3 Å². The summed E-state index contributed by atoms with van der Waals surface area (Å²) in [7, 11) is 0. The molecule has 3 N–H and O–H groups in total. The number of halogens is 3. The summed E-state index contributed by atoms with van der Waals surface area (Å²) in [5.41, 5.74) is 5.72. The average molecular weight is 347 g/mol. The number of aromatic nitrogens is 3. The zero-order valence-electron chi connectivity index (χ0n) is 12.7. The van der Waals surface area contributed by atoms with Crippen LogP contribution in [-0.4, -0.2) is 20.7 Å². The van der Waals surface area contributed by atoms with Crippen molar-refractivity contribution in [2.24, 2.45) is 0 Å². The first-order valence-corrected chi connectivity index (χ1v) is 7.09. The van der Waals surface area contributed by atoms with Gasteiger partial charge in [0.1, 0.15) is 11.5 Å². The smallest absolute Gasteiger partial charge is 0.384 e. The summed E-state index contributed by atoms with van der Waals surface area (Å²) < 4.78 is 39.1. The topological polar surface area (TPSA) is 85.8 Å². The molecule has 1 amide bonds.